The molecule has 0 spiro atoms. The van der Waals surface area contributed by atoms with Crippen molar-refractivity contribution < 1.29 is 9.53 Å². The Morgan fingerprint density at radius 3 is 2.63 bits per heavy atom. The maximum absolute atomic E-state index is 12.0. The zero-order chi connectivity index (χ0) is 18.6. The smallest absolute Gasteiger partial charge is 0.154 e. The maximum atomic E-state index is 12.0. The van der Waals surface area contributed by atoms with Crippen molar-refractivity contribution in [2.24, 2.45) is 0 Å². The molecule has 0 radical (unpaired) electrons. The van der Waals surface area contributed by atoms with E-state index in [1.54, 1.807) is 0 Å². The molecule has 4 rings (SSSR count). The Kier molecular flexibility index (Phi) is 5.41. The van der Waals surface area contributed by atoms with Crippen molar-refractivity contribution in [3.63, 3.8) is 0 Å². The molecule has 2 aromatic rings. The molecule has 2 aliphatic rings. The number of piperazine rings is 1. The minimum absolute atomic E-state index is 0.435. The average Bonchev–Trinajstić information content (AvgIpc) is 3.46. The summed E-state index contributed by atoms with van der Waals surface area (Å²) in [4.78, 5) is 16.8. The van der Waals surface area contributed by atoms with Crippen molar-refractivity contribution in [3.05, 3.63) is 54.1 Å². The largest absolute Gasteiger partial charge is 0.372 e. The lowest BCUT2D eigenvalue weighted by atomic mass is 10.1. The Labute approximate surface area is 160 Å². The highest BCUT2D eigenvalue weighted by atomic mass is 16.6. The minimum Gasteiger partial charge on any atom is -0.372 e. The number of fused-ring (bicyclic) bond motifs is 1. The predicted octanol–water partition coefficient (Wildman–Crippen LogP) is 3.11. The van der Waals surface area contributed by atoms with Gasteiger partial charge in [-0.2, -0.15) is 0 Å². The summed E-state index contributed by atoms with van der Waals surface area (Å²) in [7, 11) is 0. The first-order valence-corrected chi connectivity index (χ1v) is 9.75. The summed E-state index contributed by atoms with van der Waals surface area (Å²) in [5, 5.41) is 1.04. The number of hydrogen-bond acceptors (Lipinski definition) is 4. The van der Waals surface area contributed by atoms with Crippen LogP contribution in [0.5, 0.6) is 0 Å². The predicted molar refractivity (Wildman–Crippen MR) is 110 cm³/mol. The van der Waals surface area contributed by atoms with Crippen LogP contribution in [0, 0.1) is 0 Å². The summed E-state index contributed by atoms with van der Waals surface area (Å²) >= 11 is 0. The number of anilines is 1. The Hall–Kier alpha value is -2.37. The first kappa shape index (κ1) is 18.0. The number of para-hydroxylation sites is 1. The van der Waals surface area contributed by atoms with E-state index in [0.717, 1.165) is 74.4 Å². The van der Waals surface area contributed by atoms with E-state index in [1.165, 1.54) is 0 Å². The van der Waals surface area contributed by atoms with E-state index in [-0.39, 0.29) is 0 Å². The fourth-order valence-electron chi connectivity index (χ4n) is 3.92. The molecule has 1 unspecified atom stereocenters. The third-order valence-electron chi connectivity index (χ3n) is 5.36. The van der Waals surface area contributed by atoms with Gasteiger partial charge < -0.3 is 14.2 Å². The number of nitrogens with zero attached hydrogens (tertiary/aromatic N) is 3. The van der Waals surface area contributed by atoms with Gasteiger partial charge in [0.25, 0.3) is 0 Å². The second-order valence-corrected chi connectivity index (χ2v) is 7.18. The summed E-state index contributed by atoms with van der Waals surface area (Å²) in [6.45, 7) is 8.58. The van der Waals surface area contributed by atoms with Gasteiger partial charge in [-0.25, -0.2) is 0 Å². The highest BCUT2D eigenvalue weighted by Crippen LogP contribution is 2.32. The molecule has 0 saturated carbocycles. The molecule has 1 atom stereocenters. The third kappa shape index (κ3) is 3.84. The number of carbonyl (C=O) groups is 1. The number of aldehydes is 1. The quantitative estimate of drug-likeness (QED) is 0.429. The van der Waals surface area contributed by atoms with E-state index in [4.69, 9.17) is 4.74 Å². The number of benzene rings is 1. The molecule has 5 heteroatoms. The lowest BCUT2D eigenvalue weighted by Gasteiger charge is -2.36. The fraction of sp³-hybridized carbons (Fsp3) is 0.409. The van der Waals surface area contributed by atoms with E-state index in [2.05, 4.69) is 38.7 Å². The van der Waals surface area contributed by atoms with Crippen LogP contribution in [0.2, 0.25) is 0 Å². The molecule has 0 bridgehead atoms. The normalized spacial score (nSPS) is 20.9. The van der Waals surface area contributed by atoms with Gasteiger partial charge >= 0.3 is 0 Å². The lowest BCUT2D eigenvalue weighted by molar-refractivity contribution is 0.112. The van der Waals surface area contributed by atoms with Crippen LogP contribution in [0.4, 0.5) is 5.82 Å². The highest BCUT2D eigenvalue weighted by molar-refractivity contribution is 6.04. The molecule has 2 fully saturated rings. The zero-order valence-corrected chi connectivity index (χ0v) is 15.9. The molecule has 1 aromatic heterocycles. The number of allylic oxidation sites excluding steroid dienone is 4. The van der Waals surface area contributed by atoms with Crippen LogP contribution in [0.1, 0.15) is 17.3 Å². The fourth-order valence-corrected chi connectivity index (χ4v) is 3.92. The van der Waals surface area contributed by atoms with E-state index in [0.29, 0.717) is 6.10 Å². The summed E-state index contributed by atoms with van der Waals surface area (Å²) < 4.78 is 7.64. The van der Waals surface area contributed by atoms with Gasteiger partial charge in [0.05, 0.1) is 23.8 Å². The zero-order valence-electron chi connectivity index (χ0n) is 15.9. The first-order chi connectivity index (χ1) is 13.3. The Morgan fingerprint density at radius 1 is 1.15 bits per heavy atom. The Morgan fingerprint density at radius 2 is 1.93 bits per heavy atom. The molecular weight excluding hydrogens is 338 g/mol. The Bertz CT molecular complexity index is 856. The van der Waals surface area contributed by atoms with Crippen LogP contribution in [-0.4, -0.2) is 61.2 Å². The SMILES string of the molecule is C/C=C\C=C/Cn1c(N2CCN(CC3CO3)CC2)c(C=O)c2ccccc21. The van der Waals surface area contributed by atoms with Crippen molar-refractivity contribution >= 4 is 23.0 Å². The van der Waals surface area contributed by atoms with Crippen LogP contribution in [0.25, 0.3) is 10.9 Å². The van der Waals surface area contributed by atoms with Gasteiger partial charge in [0.2, 0.25) is 0 Å². The van der Waals surface area contributed by atoms with Crippen molar-refractivity contribution in [1.29, 1.82) is 0 Å². The number of epoxide rings is 1. The van der Waals surface area contributed by atoms with Gasteiger partial charge in [0, 0.05) is 44.7 Å². The van der Waals surface area contributed by atoms with Crippen LogP contribution in [-0.2, 0) is 11.3 Å². The van der Waals surface area contributed by atoms with Crippen molar-refractivity contribution in [3.8, 4) is 0 Å². The van der Waals surface area contributed by atoms with Gasteiger partial charge in [-0.05, 0) is 13.0 Å². The van der Waals surface area contributed by atoms with Gasteiger partial charge in [-0.1, -0.05) is 42.5 Å². The second kappa shape index (κ2) is 8.11. The van der Waals surface area contributed by atoms with Crippen LogP contribution >= 0.6 is 0 Å². The molecule has 1 aromatic carbocycles. The Balaban J connectivity index is 1.64. The molecule has 2 aliphatic heterocycles. The van der Waals surface area contributed by atoms with Crippen LogP contribution < -0.4 is 4.90 Å². The lowest BCUT2D eigenvalue weighted by Crippen LogP contribution is -2.48. The second-order valence-electron chi connectivity index (χ2n) is 7.18. The average molecular weight is 365 g/mol. The number of aromatic nitrogens is 1. The topological polar surface area (TPSA) is 41.0 Å². The minimum atomic E-state index is 0.435. The first-order valence-electron chi connectivity index (χ1n) is 9.75. The van der Waals surface area contributed by atoms with Gasteiger partial charge in [-0.3, -0.25) is 9.69 Å². The molecule has 27 heavy (non-hydrogen) atoms. The van der Waals surface area contributed by atoms with E-state index < -0.39 is 0 Å². The maximum Gasteiger partial charge on any atom is 0.154 e. The molecule has 3 heterocycles. The molecule has 142 valence electrons. The van der Waals surface area contributed by atoms with E-state index in [1.807, 2.05) is 31.2 Å². The summed E-state index contributed by atoms with van der Waals surface area (Å²) in [5.74, 6) is 1.05. The van der Waals surface area contributed by atoms with E-state index in [9.17, 15) is 4.79 Å². The standard InChI is InChI=1S/C22H27N3O2/c1-2-3-4-7-10-25-21-9-6-5-8-19(21)20(16-26)22(25)24-13-11-23(12-14-24)15-18-17-27-18/h2-9,16,18H,10-15,17H2,1H3/b3-2-,7-4-. The number of hydrogen-bond donors (Lipinski definition) is 0. The molecule has 2 saturated heterocycles. The molecule has 0 amide bonds. The van der Waals surface area contributed by atoms with Gasteiger partial charge in [-0.15, -0.1) is 0 Å². The molecule has 0 aliphatic carbocycles. The van der Waals surface area contributed by atoms with Crippen molar-refractivity contribution in [2.75, 3.05) is 44.2 Å². The molecule has 5 nitrogen and oxygen atoms in total. The monoisotopic (exact) mass is 365 g/mol. The summed E-state index contributed by atoms with van der Waals surface area (Å²) in [6.07, 6.45) is 9.71. The number of rotatable bonds is 7. The van der Waals surface area contributed by atoms with Crippen LogP contribution in [0.15, 0.2) is 48.6 Å². The summed E-state index contributed by atoms with van der Waals surface area (Å²) in [6, 6.07) is 8.21. The molecule has 0 N–H and O–H groups in total. The number of carbonyl (C=O) groups excluding carboxylic acids is 1. The summed E-state index contributed by atoms with van der Waals surface area (Å²) in [5.41, 5.74) is 1.93. The van der Waals surface area contributed by atoms with Gasteiger partial charge in [0.1, 0.15) is 5.82 Å². The molecular formula is C22H27N3O2. The highest BCUT2D eigenvalue weighted by Gasteiger charge is 2.29. The number of ether oxygens (including phenoxy) is 1. The van der Waals surface area contributed by atoms with Gasteiger partial charge in [0.15, 0.2) is 6.29 Å². The van der Waals surface area contributed by atoms with Crippen molar-refractivity contribution in [2.45, 2.75) is 19.6 Å². The van der Waals surface area contributed by atoms with E-state index >= 15 is 0 Å². The third-order valence-corrected chi connectivity index (χ3v) is 5.36. The van der Waals surface area contributed by atoms with Crippen LogP contribution in [0.3, 0.4) is 0 Å². The van der Waals surface area contributed by atoms with Crippen molar-refractivity contribution in [1.82, 2.24) is 9.47 Å².